The van der Waals surface area contributed by atoms with Crippen LogP contribution in [0.15, 0.2) is 164 Å². The maximum atomic E-state index is 13.6. The Labute approximate surface area is 778 Å². The number of aromatic nitrogens is 10. The topological polar surface area (TPSA) is 524 Å². The number of para-hydroxylation sites is 3. The fourth-order valence-electron chi connectivity index (χ4n) is 13.7. The minimum Gasteiger partial charge on any atom is -0.480 e. The molecular weight excluding hydrogens is 1960 g/mol. The molecule has 0 spiro atoms. The summed E-state index contributed by atoms with van der Waals surface area (Å²) in [5, 5.41) is 33.8. The summed E-state index contributed by atoms with van der Waals surface area (Å²) in [6.07, 6.45) is 2.85. The molecule has 14 rings (SSSR count). The number of carboxylic acid groups (broad SMARTS) is 1. The first-order valence-corrected chi connectivity index (χ1v) is 43.8. The molecule has 3 aromatic carbocycles. The number of aliphatic carboxylic acids is 1. The Bertz CT molecular complexity index is 5600. The third kappa shape index (κ3) is 33.8. The van der Waals surface area contributed by atoms with Gasteiger partial charge in [0.25, 0.3) is 17.7 Å². The molecule has 690 valence electrons. The first kappa shape index (κ1) is 104. The zero-order chi connectivity index (χ0) is 93.9. The predicted molar refractivity (Wildman–Crippen MR) is 492 cm³/mol. The summed E-state index contributed by atoms with van der Waals surface area (Å²) in [6, 6.07) is 42.0. The van der Waals surface area contributed by atoms with Crippen LogP contribution < -0.4 is 49.9 Å². The van der Waals surface area contributed by atoms with Crippen molar-refractivity contribution >= 4 is 197 Å². The van der Waals surface area contributed by atoms with Crippen LogP contribution in [0.1, 0.15) is 143 Å². The number of rotatable bonds is 25. The summed E-state index contributed by atoms with van der Waals surface area (Å²) in [7, 11) is 0. The van der Waals surface area contributed by atoms with E-state index >= 15 is 0 Å². The third-order valence-corrected chi connectivity index (χ3v) is 21.8. The second-order valence-electron chi connectivity index (χ2n) is 31.4. The Morgan fingerprint density at radius 2 is 0.876 bits per heavy atom. The molecule has 4 aliphatic rings. The average Bonchev–Trinajstić information content (AvgIpc) is 1.72. The molecule has 0 radical (unpaired) electrons. The third-order valence-electron chi connectivity index (χ3n) is 19.7. The molecule has 4 fully saturated rings. The summed E-state index contributed by atoms with van der Waals surface area (Å²) in [5.41, 5.74) is 29.6. The van der Waals surface area contributed by atoms with Gasteiger partial charge in [-0.25, -0.2) is 24.7 Å². The molecule has 7 aromatic heterocycles. The number of alkyl carbamates (subject to hydrolysis) is 1. The maximum Gasteiger partial charge on any atom is 0.446 e. The van der Waals surface area contributed by atoms with Crippen molar-refractivity contribution in [1.82, 2.24) is 64.4 Å². The lowest BCUT2D eigenvalue weighted by atomic mass is 9.74. The fraction of sp³-hybridized carbons (Fsp3) is 0.384. The van der Waals surface area contributed by atoms with E-state index in [1.54, 1.807) is 142 Å². The van der Waals surface area contributed by atoms with Gasteiger partial charge in [0, 0.05) is 64.9 Å². The molecule has 0 aliphatic heterocycles. The number of hydrogen-bond donors (Lipinski definition) is 10. The summed E-state index contributed by atoms with van der Waals surface area (Å²) in [5.74, 6) is -0.576. The fourth-order valence-corrected chi connectivity index (χ4v) is 15.2. The van der Waals surface area contributed by atoms with Gasteiger partial charge in [0.2, 0.25) is 35.8 Å². The van der Waals surface area contributed by atoms with E-state index in [0.29, 0.717) is 104 Å². The van der Waals surface area contributed by atoms with E-state index < -0.39 is 53.8 Å². The molecule has 7 heterocycles. The number of carbonyl (C=O) groups excluding carboxylic acids is 11. The molecule has 0 unspecified atom stereocenters. The smallest absolute Gasteiger partial charge is 0.446 e. The quantitative estimate of drug-likeness (QED) is 0.0144. The minimum atomic E-state index is -4.64. The Morgan fingerprint density at radius 3 is 1.20 bits per heavy atom. The average molecular weight is 2060 g/mol. The van der Waals surface area contributed by atoms with Gasteiger partial charge in [0.1, 0.15) is 74.2 Å². The number of nitrogens with one attached hydrogen (secondary N) is 4. The normalized spacial score (nSPS) is 17.3. The standard InChI is InChI=1S/C26H30BrN7O5.C21H22BrN7O3.C13H17BrN2O.C10H9N3O3.C8H7BrClNO.C5H11N.C2HF3O.CH4/c1-26(2,3)39-25(38)29-15-11-16(12-15)33(13-21(35)31-20-10-6-9-19(27)30-20)22(36)14-34-18-8-5-4-7-17(18)23(32-34)24(28)37;22-16-6-3-7-17(25-16)26-18(30)10-28(13-8-12(23)9-13)19(31)11-29-15-5-2-1-4-14(15)20(27-29)21(24)32;1-9-7-10(8-9)5-6-13(17)16-12-4-2-3-11(14)15-12;11-10(16)9-6-3-1-2-4-7(6)13(12-9)5-8(14)15;9-8-3-1-2-6(11-8)4-7(12)5-10;1-4-2-5(6)3-4;3-2(4,5)1-6;/h4-10,15-16H,11-14H2,1-3H3,(H2,28,37)(H,29,38)(H,30,31,35);1-7,12-13H,8-11,23H2,(H2,24,32)(H,25,26,30);2-4,9-10H,5-8H2,1H3,(H,15,16,17);1-4H,5H2,(H2,11,16)(H,14,15);1-3H,4-5H2;4-5H,2-3,6H2,1H3;1H;1H4. The summed E-state index contributed by atoms with van der Waals surface area (Å²) in [4.78, 5) is 161. The molecule has 15 N–H and O–H groups in total. The number of amides is 9. The van der Waals surface area contributed by atoms with E-state index in [4.69, 9.17) is 54.9 Å². The van der Waals surface area contributed by atoms with Gasteiger partial charge in [0.15, 0.2) is 22.9 Å². The number of hydrogen-bond acceptors (Lipinski definition) is 22. The van der Waals surface area contributed by atoms with Crippen LogP contribution in [0, 0.1) is 17.8 Å². The van der Waals surface area contributed by atoms with Crippen LogP contribution in [0.25, 0.3) is 32.7 Å². The Hall–Kier alpha value is -11.6. The van der Waals surface area contributed by atoms with Crippen molar-refractivity contribution in [2.75, 3.05) is 34.9 Å². The van der Waals surface area contributed by atoms with E-state index in [9.17, 15) is 65.9 Å². The summed E-state index contributed by atoms with van der Waals surface area (Å²) < 4.78 is 43.3. The number of nitrogens with two attached hydrogens (primary N) is 5. The number of ketones is 1. The van der Waals surface area contributed by atoms with Gasteiger partial charge in [-0.05, 0) is 227 Å². The first-order chi connectivity index (χ1) is 60.5. The number of fused-ring (bicyclic) bond motifs is 3. The van der Waals surface area contributed by atoms with E-state index in [2.05, 4.69) is 134 Å². The Balaban J connectivity index is 0.000000225. The highest BCUT2D eigenvalue weighted by Gasteiger charge is 2.40. The van der Waals surface area contributed by atoms with Gasteiger partial charge in [-0.15, -0.1) is 11.6 Å². The molecule has 9 amide bonds. The van der Waals surface area contributed by atoms with Crippen molar-refractivity contribution in [2.24, 2.45) is 46.4 Å². The largest absolute Gasteiger partial charge is 0.480 e. The van der Waals surface area contributed by atoms with Crippen LogP contribution in [0.5, 0.6) is 0 Å². The van der Waals surface area contributed by atoms with E-state index in [1.165, 1.54) is 49.5 Å². The molecule has 129 heavy (non-hydrogen) atoms. The second-order valence-corrected chi connectivity index (χ2v) is 34.9. The number of primary amides is 3. The van der Waals surface area contributed by atoms with Crippen LogP contribution in [0.4, 0.5) is 35.4 Å². The van der Waals surface area contributed by atoms with Crippen LogP contribution >= 0.6 is 75.3 Å². The monoisotopic (exact) mass is 2060 g/mol. The highest BCUT2D eigenvalue weighted by atomic mass is 79.9. The van der Waals surface area contributed by atoms with Gasteiger partial charge in [0.05, 0.1) is 22.4 Å². The molecule has 0 bridgehead atoms. The zero-order valence-corrected chi connectivity index (χ0v) is 77.2. The van der Waals surface area contributed by atoms with Gasteiger partial charge in [-0.2, -0.15) is 28.5 Å². The lowest BCUT2D eigenvalue weighted by molar-refractivity contribution is -0.156. The molecule has 43 heteroatoms. The molecular formula is C86H101Br4ClF3N21O14. The van der Waals surface area contributed by atoms with Crippen molar-refractivity contribution in [2.45, 2.75) is 174 Å². The Kier molecular flexibility index (Phi) is 39.9. The van der Waals surface area contributed by atoms with Gasteiger partial charge < -0.3 is 69.6 Å². The van der Waals surface area contributed by atoms with Crippen LogP contribution in [0.3, 0.4) is 0 Å². The van der Waals surface area contributed by atoms with Crippen molar-refractivity contribution in [3.63, 3.8) is 0 Å². The molecule has 10 aromatic rings. The molecule has 35 nitrogen and oxygen atoms in total. The van der Waals surface area contributed by atoms with Crippen molar-refractivity contribution in [1.29, 1.82) is 0 Å². The number of carboxylic acids is 1. The number of Topliss-reactive ketones (excluding diaryl/α,β-unsaturated/α-hetero) is 1. The highest BCUT2D eigenvalue weighted by Crippen LogP contribution is 2.37. The van der Waals surface area contributed by atoms with E-state index in [0.717, 1.165) is 39.1 Å². The molecule has 4 aliphatic carbocycles. The number of alkyl halides is 4. The lowest BCUT2D eigenvalue weighted by Gasteiger charge is -2.42. The van der Waals surface area contributed by atoms with Crippen molar-refractivity contribution < 1.29 is 80.5 Å². The van der Waals surface area contributed by atoms with Crippen LogP contribution in [0.2, 0.25) is 0 Å². The van der Waals surface area contributed by atoms with Crippen LogP contribution in [-0.4, -0.2) is 197 Å². The number of halogens is 8. The minimum absolute atomic E-state index is 0. The number of carbonyl (C=O) groups is 12. The predicted octanol–water partition coefficient (Wildman–Crippen LogP) is 12.2. The number of ether oxygens (including phenoxy) is 1. The number of aldehydes is 1. The van der Waals surface area contributed by atoms with E-state index in [-0.39, 0.29) is 117 Å². The number of pyridine rings is 4. The first-order valence-electron chi connectivity index (χ1n) is 40.1. The SMILES string of the molecule is C.CC(C)(C)OC(=O)NC1CC(N(CC(=O)Nc2cccc(Br)n2)C(=O)Cn2nc(C(N)=O)c3ccccc32)C1.CC1CC(CCC(=O)Nc2cccc(Br)n2)C1.CC1CC(N)C1.NC(=O)c1nn(CC(=O)N(CC(=O)Nc2cccc(Br)n2)C2CC(N)C2)c2ccccc12.NC(=O)c1nn(CC(=O)O)c2ccccc12.O=C(CCl)Cc1cccc(Br)n1.O=CC(F)(F)F. The number of benzene rings is 3. The van der Waals surface area contributed by atoms with Crippen molar-refractivity contribution in [3.8, 4) is 0 Å². The van der Waals surface area contributed by atoms with E-state index in [1.807, 2.05) is 24.3 Å². The maximum absolute atomic E-state index is 13.6. The van der Waals surface area contributed by atoms with Crippen LogP contribution in [-0.2, 0) is 69.1 Å². The Morgan fingerprint density at radius 1 is 0.519 bits per heavy atom. The van der Waals surface area contributed by atoms with Gasteiger partial charge in [-0.1, -0.05) is 100 Å². The summed E-state index contributed by atoms with van der Waals surface area (Å²) in [6.45, 7) is 8.80. The molecule has 0 atom stereocenters. The highest BCUT2D eigenvalue weighted by molar-refractivity contribution is 9.11. The molecule has 0 saturated heterocycles. The molecule has 4 saturated carbocycles. The summed E-state index contributed by atoms with van der Waals surface area (Å²) >= 11 is 18.4. The van der Waals surface area contributed by atoms with Crippen molar-refractivity contribution in [3.05, 3.63) is 187 Å². The number of anilines is 3. The lowest BCUT2D eigenvalue weighted by Crippen LogP contribution is -2.57. The number of nitrogens with zero attached hydrogens (tertiary/aromatic N) is 12. The van der Waals surface area contributed by atoms with Gasteiger partial charge in [-0.3, -0.25) is 66.8 Å². The second kappa shape index (κ2) is 49.3. The zero-order valence-electron chi connectivity index (χ0n) is 70.1. The van der Waals surface area contributed by atoms with Gasteiger partial charge >= 0.3 is 18.2 Å².